The van der Waals surface area contributed by atoms with Gasteiger partial charge in [0.25, 0.3) is 0 Å². The fraction of sp³-hybridized carbons (Fsp3) is 0.706. The van der Waals surface area contributed by atoms with Crippen molar-refractivity contribution in [3.8, 4) is 5.75 Å². The SMILES string of the molecule is CCCC1CCC(Nc2ncccc2OC(C)C)CC1. The van der Waals surface area contributed by atoms with Crippen LogP contribution in [0.5, 0.6) is 5.75 Å². The third kappa shape index (κ3) is 4.39. The second kappa shape index (κ2) is 7.51. The third-order valence-electron chi connectivity index (χ3n) is 4.02. The lowest BCUT2D eigenvalue weighted by atomic mass is 9.83. The van der Waals surface area contributed by atoms with Gasteiger partial charge in [0.2, 0.25) is 0 Å². The van der Waals surface area contributed by atoms with E-state index >= 15 is 0 Å². The van der Waals surface area contributed by atoms with Crippen LogP contribution in [0, 0.1) is 5.92 Å². The lowest BCUT2D eigenvalue weighted by molar-refractivity contribution is 0.242. The molecule has 1 N–H and O–H groups in total. The minimum Gasteiger partial charge on any atom is -0.487 e. The van der Waals surface area contributed by atoms with Crippen LogP contribution in [-0.4, -0.2) is 17.1 Å². The largest absolute Gasteiger partial charge is 0.487 e. The van der Waals surface area contributed by atoms with E-state index in [4.69, 9.17) is 4.74 Å². The highest BCUT2D eigenvalue weighted by Gasteiger charge is 2.21. The molecule has 0 aromatic carbocycles. The predicted molar refractivity (Wildman–Crippen MR) is 84.3 cm³/mol. The summed E-state index contributed by atoms with van der Waals surface area (Å²) >= 11 is 0. The molecule has 1 saturated carbocycles. The minimum absolute atomic E-state index is 0.181. The van der Waals surface area contributed by atoms with E-state index in [0.717, 1.165) is 17.5 Å². The Hall–Kier alpha value is -1.25. The van der Waals surface area contributed by atoms with E-state index in [1.54, 1.807) is 0 Å². The van der Waals surface area contributed by atoms with Gasteiger partial charge in [0.05, 0.1) is 6.10 Å². The van der Waals surface area contributed by atoms with Gasteiger partial charge >= 0.3 is 0 Å². The van der Waals surface area contributed by atoms with Crippen molar-refractivity contribution in [2.75, 3.05) is 5.32 Å². The summed E-state index contributed by atoms with van der Waals surface area (Å²) in [6.45, 7) is 6.38. The summed E-state index contributed by atoms with van der Waals surface area (Å²) in [5.74, 6) is 2.71. The maximum atomic E-state index is 5.82. The maximum absolute atomic E-state index is 5.82. The van der Waals surface area contributed by atoms with Crippen LogP contribution in [0.2, 0.25) is 0 Å². The predicted octanol–water partition coefficient (Wildman–Crippen LogP) is 4.64. The van der Waals surface area contributed by atoms with Crippen molar-refractivity contribution in [1.82, 2.24) is 4.98 Å². The minimum atomic E-state index is 0.181. The molecular weight excluding hydrogens is 248 g/mol. The van der Waals surface area contributed by atoms with Crippen molar-refractivity contribution in [2.24, 2.45) is 5.92 Å². The van der Waals surface area contributed by atoms with Gasteiger partial charge in [-0.15, -0.1) is 0 Å². The summed E-state index contributed by atoms with van der Waals surface area (Å²) in [6, 6.07) is 4.48. The molecule has 0 radical (unpaired) electrons. The number of rotatable bonds is 6. The zero-order valence-electron chi connectivity index (χ0n) is 13.1. The van der Waals surface area contributed by atoms with Crippen molar-refractivity contribution in [2.45, 2.75) is 71.4 Å². The molecule has 0 unspecified atom stereocenters. The monoisotopic (exact) mass is 276 g/mol. The van der Waals surface area contributed by atoms with E-state index in [1.165, 1.54) is 38.5 Å². The zero-order valence-corrected chi connectivity index (χ0v) is 13.1. The van der Waals surface area contributed by atoms with Crippen LogP contribution >= 0.6 is 0 Å². The molecule has 1 aliphatic carbocycles. The summed E-state index contributed by atoms with van der Waals surface area (Å²) < 4.78 is 5.82. The van der Waals surface area contributed by atoms with Crippen LogP contribution in [0.25, 0.3) is 0 Å². The van der Waals surface area contributed by atoms with Crippen molar-refractivity contribution in [3.05, 3.63) is 18.3 Å². The second-order valence-corrected chi connectivity index (χ2v) is 6.17. The van der Waals surface area contributed by atoms with E-state index in [2.05, 4.69) is 17.2 Å². The first-order valence-electron chi connectivity index (χ1n) is 8.07. The molecule has 3 heteroatoms. The maximum Gasteiger partial charge on any atom is 0.168 e. The van der Waals surface area contributed by atoms with Gasteiger partial charge in [0, 0.05) is 12.2 Å². The molecule has 0 spiro atoms. The zero-order chi connectivity index (χ0) is 14.4. The first-order valence-corrected chi connectivity index (χ1v) is 8.07. The van der Waals surface area contributed by atoms with Crippen LogP contribution in [-0.2, 0) is 0 Å². The molecular formula is C17H28N2O. The number of hydrogen-bond donors (Lipinski definition) is 1. The van der Waals surface area contributed by atoms with Gasteiger partial charge in [0.1, 0.15) is 0 Å². The number of ether oxygens (including phenoxy) is 1. The second-order valence-electron chi connectivity index (χ2n) is 6.17. The number of nitrogens with zero attached hydrogens (tertiary/aromatic N) is 1. The quantitative estimate of drug-likeness (QED) is 0.822. The highest BCUT2D eigenvalue weighted by molar-refractivity contribution is 5.50. The Morgan fingerprint density at radius 1 is 1.30 bits per heavy atom. The topological polar surface area (TPSA) is 34.2 Å². The van der Waals surface area contributed by atoms with Gasteiger partial charge in [-0.2, -0.15) is 0 Å². The van der Waals surface area contributed by atoms with Gasteiger partial charge in [-0.1, -0.05) is 19.8 Å². The lowest BCUT2D eigenvalue weighted by Crippen LogP contribution is -2.27. The van der Waals surface area contributed by atoms with E-state index in [1.807, 2.05) is 32.2 Å². The normalized spacial score (nSPS) is 22.8. The summed E-state index contributed by atoms with van der Waals surface area (Å²) in [5.41, 5.74) is 0. The van der Waals surface area contributed by atoms with Gasteiger partial charge in [-0.3, -0.25) is 0 Å². The summed E-state index contributed by atoms with van der Waals surface area (Å²) in [5, 5.41) is 3.58. The van der Waals surface area contributed by atoms with Gasteiger partial charge < -0.3 is 10.1 Å². The Balaban J connectivity index is 1.91. The number of aromatic nitrogens is 1. The molecule has 0 bridgehead atoms. The molecule has 1 aromatic heterocycles. The Morgan fingerprint density at radius 2 is 2.05 bits per heavy atom. The molecule has 0 saturated heterocycles. The Morgan fingerprint density at radius 3 is 2.70 bits per heavy atom. The standard InChI is InChI=1S/C17H28N2O/c1-4-6-14-8-10-15(11-9-14)19-17-16(20-13(2)3)7-5-12-18-17/h5,7,12-15H,4,6,8-11H2,1-3H3,(H,18,19). The lowest BCUT2D eigenvalue weighted by Gasteiger charge is -2.29. The Bertz CT molecular complexity index is 398. The van der Waals surface area contributed by atoms with Crippen LogP contribution in [0.3, 0.4) is 0 Å². The highest BCUT2D eigenvalue weighted by Crippen LogP contribution is 2.31. The third-order valence-corrected chi connectivity index (χ3v) is 4.02. The van der Waals surface area contributed by atoms with Crippen LogP contribution < -0.4 is 10.1 Å². The van der Waals surface area contributed by atoms with E-state index in [0.29, 0.717) is 6.04 Å². The van der Waals surface area contributed by atoms with Crippen molar-refractivity contribution < 1.29 is 4.74 Å². The van der Waals surface area contributed by atoms with Crippen molar-refractivity contribution >= 4 is 5.82 Å². The Kier molecular flexibility index (Phi) is 5.69. The van der Waals surface area contributed by atoms with Gasteiger partial charge in [0.15, 0.2) is 11.6 Å². The van der Waals surface area contributed by atoms with Gasteiger partial charge in [-0.05, 0) is 57.6 Å². The fourth-order valence-electron chi connectivity index (χ4n) is 3.05. The van der Waals surface area contributed by atoms with Gasteiger partial charge in [-0.25, -0.2) is 4.98 Å². The van der Waals surface area contributed by atoms with Crippen LogP contribution in [0.1, 0.15) is 59.3 Å². The van der Waals surface area contributed by atoms with Crippen molar-refractivity contribution in [3.63, 3.8) is 0 Å². The van der Waals surface area contributed by atoms with E-state index < -0.39 is 0 Å². The molecule has 112 valence electrons. The first-order chi connectivity index (χ1) is 9.69. The molecule has 1 fully saturated rings. The molecule has 20 heavy (non-hydrogen) atoms. The summed E-state index contributed by atoms with van der Waals surface area (Å²) in [7, 11) is 0. The molecule has 0 aliphatic heterocycles. The molecule has 0 amide bonds. The van der Waals surface area contributed by atoms with E-state index in [9.17, 15) is 0 Å². The molecule has 0 atom stereocenters. The van der Waals surface area contributed by atoms with Crippen molar-refractivity contribution in [1.29, 1.82) is 0 Å². The number of anilines is 1. The number of hydrogen-bond acceptors (Lipinski definition) is 3. The van der Waals surface area contributed by atoms with Crippen LogP contribution in [0.4, 0.5) is 5.82 Å². The molecule has 3 nitrogen and oxygen atoms in total. The fourth-order valence-corrected chi connectivity index (χ4v) is 3.05. The molecule has 1 aromatic rings. The highest BCUT2D eigenvalue weighted by atomic mass is 16.5. The molecule has 1 heterocycles. The first kappa shape index (κ1) is 15.1. The summed E-state index contributed by atoms with van der Waals surface area (Å²) in [4.78, 5) is 4.45. The van der Waals surface area contributed by atoms with Crippen LogP contribution in [0.15, 0.2) is 18.3 Å². The smallest absolute Gasteiger partial charge is 0.168 e. The summed E-state index contributed by atoms with van der Waals surface area (Å²) in [6.07, 6.45) is 9.91. The molecule has 1 aliphatic rings. The number of nitrogens with one attached hydrogen (secondary N) is 1. The molecule has 2 rings (SSSR count). The number of pyridine rings is 1. The Labute approximate surface area is 123 Å². The average molecular weight is 276 g/mol. The van der Waals surface area contributed by atoms with E-state index in [-0.39, 0.29) is 6.10 Å². The average Bonchev–Trinajstić information content (AvgIpc) is 2.43.